The Morgan fingerprint density at radius 2 is 2.16 bits per heavy atom. The molecule has 0 aliphatic carbocycles. The fourth-order valence-electron chi connectivity index (χ4n) is 1.42. The third-order valence-corrected chi connectivity index (χ3v) is 2.59. The number of amides is 1. The van der Waals surface area contributed by atoms with E-state index in [9.17, 15) is 9.59 Å². The number of aromatic carboxylic acids is 1. The summed E-state index contributed by atoms with van der Waals surface area (Å²) in [5.74, 6) is -1.53. The van der Waals surface area contributed by atoms with Crippen LogP contribution in [0.1, 0.15) is 10.4 Å². The summed E-state index contributed by atoms with van der Waals surface area (Å²) >= 11 is 5.79. The van der Waals surface area contributed by atoms with Gasteiger partial charge in [0.15, 0.2) is 0 Å². The molecule has 3 N–H and O–H groups in total. The monoisotopic (exact) mass is 286 g/mol. The Hall–Kier alpha value is -1.63. The lowest BCUT2D eigenvalue weighted by Crippen LogP contribution is -2.30. The van der Waals surface area contributed by atoms with E-state index in [1.165, 1.54) is 12.1 Å². The van der Waals surface area contributed by atoms with E-state index in [0.717, 1.165) is 0 Å². The van der Waals surface area contributed by atoms with Crippen molar-refractivity contribution >= 4 is 29.2 Å². The van der Waals surface area contributed by atoms with Gasteiger partial charge in [0.1, 0.15) is 5.56 Å². The number of ether oxygens (including phenoxy) is 1. The van der Waals surface area contributed by atoms with Gasteiger partial charge < -0.3 is 20.5 Å². The molecule has 0 bridgehead atoms. The Labute approximate surface area is 115 Å². The minimum absolute atomic E-state index is 0.0644. The standard InChI is InChI=1S/C12H15ClN2O4/c1-19-6-5-14-7-10(16)15-9-4-2-3-8(13)11(9)12(17)18/h2-4,14H,5-7H2,1H3,(H,15,16)(H,17,18). The van der Waals surface area contributed by atoms with Gasteiger partial charge in [0.25, 0.3) is 0 Å². The number of anilines is 1. The van der Waals surface area contributed by atoms with Crippen molar-refractivity contribution in [3.05, 3.63) is 28.8 Å². The highest BCUT2D eigenvalue weighted by Gasteiger charge is 2.15. The predicted octanol–water partition coefficient (Wildman–Crippen LogP) is 1.21. The summed E-state index contributed by atoms with van der Waals surface area (Å²) in [6.45, 7) is 1.09. The molecule has 7 heteroatoms. The first-order valence-corrected chi connectivity index (χ1v) is 5.95. The molecular weight excluding hydrogens is 272 g/mol. The summed E-state index contributed by atoms with van der Waals surface area (Å²) in [4.78, 5) is 22.7. The number of carboxylic acid groups (broad SMARTS) is 1. The van der Waals surface area contributed by atoms with E-state index in [1.807, 2.05) is 0 Å². The van der Waals surface area contributed by atoms with Crippen LogP contribution in [0, 0.1) is 0 Å². The molecule has 6 nitrogen and oxygen atoms in total. The van der Waals surface area contributed by atoms with Crippen LogP contribution in [0.4, 0.5) is 5.69 Å². The highest BCUT2D eigenvalue weighted by molar-refractivity contribution is 6.34. The van der Waals surface area contributed by atoms with Gasteiger partial charge in [-0.2, -0.15) is 0 Å². The summed E-state index contributed by atoms with van der Waals surface area (Å²) in [6.07, 6.45) is 0. The van der Waals surface area contributed by atoms with E-state index < -0.39 is 5.97 Å². The van der Waals surface area contributed by atoms with Crippen LogP contribution in [0.2, 0.25) is 5.02 Å². The van der Waals surface area contributed by atoms with Crippen LogP contribution in [0.3, 0.4) is 0 Å². The second-order valence-electron chi connectivity index (χ2n) is 3.69. The first-order valence-electron chi connectivity index (χ1n) is 5.57. The lowest BCUT2D eigenvalue weighted by molar-refractivity contribution is -0.115. The fourth-order valence-corrected chi connectivity index (χ4v) is 1.67. The highest BCUT2D eigenvalue weighted by Crippen LogP contribution is 2.24. The van der Waals surface area contributed by atoms with Crippen molar-refractivity contribution in [1.82, 2.24) is 5.32 Å². The highest BCUT2D eigenvalue weighted by atomic mass is 35.5. The lowest BCUT2D eigenvalue weighted by Gasteiger charge is -2.10. The smallest absolute Gasteiger partial charge is 0.339 e. The van der Waals surface area contributed by atoms with E-state index >= 15 is 0 Å². The van der Waals surface area contributed by atoms with Crippen LogP contribution in [0.25, 0.3) is 0 Å². The number of hydrogen-bond acceptors (Lipinski definition) is 4. The van der Waals surface area contributed by atoms with Crippen molar-refractivity contribution in [3.63, 3.8) is 0 Å². The van der Waals surface area contributed by atoms with Crippen molar-refractivity contribution < 1.29 is 19.4 Å². The van der Waals surface area contributed by atoms with E-state index in [1.54, 1.807) is 13.2 Å². The summed E-state index contributed by atoms with van der Waals surface area (Å²) in [5, 5.41) is 14.5. The first kappa shape index (κ1) is 15.4. The van der Waals surface area contributed by atoms with Crippen molar-refractivity contribution in [1.29, 1.82) is 0 Å². The number of carboxylic acids is 1. The number of halogens is 1. The molecule has 0 fully saturated rings. The average molecular weight is 287 g/mol. The molecule has 1 amide bonds. The van der Waals surface area contributed by atoms with E-state index in [-0.39, 0.29) is 28.7 Å². The second-order valence-corrected chi connectivity index (χ2v) is 4.09. The normalized spacial score (nSPS) is 10.2. The van der Waals surface area contributed by atoms with Gasteiger partial charge >= 0.3 is 5.97 Å². The van der Waals surface area contributed by atoms with E-state index in [4.69, 9.17) is 21.4 Å². The molecule has 0 unspecified atom stereocenters. The van der Waals surface area contributed by atoms with Crippen molar-refractivity contribution in [3.8, 4) is 0 Å². The number of benzene rings is 1. The van der Waals surface area contributed by atoms with Gasteiger partial charge in [0, 0.05) is 13.7 Å². The quantitative estimate of drug-likeness (QED) is 0.656. The van der Waals surface area contributed by atoms with Crippen molar-refractivity contribution in [2.24, 2.45) is 0 Å². The molecule has 19 heavy (non-hydrogen) atoms. The maximum absolute atomic E-state index is 11.6. The van der Waals surface area contributed by atoms with Gasteiger partial charge in [0.05, 0.1) is 23.9 Å². The van der Waals surface area contributed by atoms with Gasteiger partial charge in [-0.15, -0.1) is 0 Å². The predicted molar refractivity (Wildman–Crippen MR) is 71.8 cm³/mol. The SMILES string of the molecule is COCCNCC(=O)Nc1cccc(Cl)c1C(=O)O. The van der Waals surface area contributed by atoms with Gasteiger partial charge in [-0.05, 0) is 12.1 Å². The Bertz CT molecular complexity index is 465. The third kappa shape index (κ3) is 4.86. The number of carbonyl (C=O) groups excluding carboxylic acids is 1. The topological polar surface area (TPSA) is 87.7 Å². The molecule has 0 saturated carbocycles. The third-order valence-electron chi connectivity index (χ3n) is 2.27. The zero-order valence-electron chi connectivity index (χ0n) is 10.4. The molecule has 104 valence electrons. The van der Waals surface area contributed by atoms with Crippen molar-refractivity contribution in [2.75, 3.05) is 32.1 Å². The molecule has 0 aromatic heterocycles. The first-order chi connectivity index (χ1) is 9.06. The molecule has 1 aromatic carbocycles. The molecule has 1 aromatic rings. The summed E-state index contributed by atoms with van der Waals surface area (Å²) in [7, 11) is 1.56. The van der Waals surface area contributed by atoms with Crippen molar-refractivity contribution in [2.45, 2.75) is 0 Å². The molecule has 1 rings (SSSR count). The summed E-state index contributed by atoms with van der Waals surface area (Å²) in [5.41, 5.74) is 0.0629. The average Bonchev–Trinajstić information content (AvgIpc) is 2.34. The van der Waals surface area contributed by atoms with Gasteiger partial charge in [-0.1, -0.05) is 17.7 Å². The Morgan fingerprint density at radius 1 is 1.42 bits per heavy atom. The number of nitrogens with one attached hydrogen (secondary N) is 2. The van der Waals surface area contributed by atoms with Gasteiger partial charge in [-0.25, -0.2) is 4.79 Å². The van der Waals surface area contributed by atoms with Crippen LogP contribution >= 0.6 is 11.6 Å². The van der Waals surface area contributed by atoms with E-state index in [0.29, 0.717) is 13.2 Å². The van der Waals surface area contributed by atoms with Gasteiger partial charge in [0.2, 0.25) is 5.91 Å². The zero-order valence-corrected chi connectivity index (χ0v) is 11.2. The maximum atomic E-state index is 11.6. The molecule has 0 saturated heterocycles. The van der Waals surface area contributed by atoms with Crippen LogP contribution in [0.5, 0.6) is 0 Å². The second kappa shape index (κ2) is 7.73. The molecule has 0 spiro atoms. The molecule has 0 atom stereocenters. The largest absolute Gasteiger partial charge is 0.478 e. The Morgan fingerprint density at radius 3 is 2.79 bits per heavy atom. The Balaban J connectivity index is 2.64. The van der Waals surface area contributed by atoms with Crippen LogP contribution in [-0.4, -0.2) is 43.8 Å². The minimum atomic E-state index is -1.19. The van der Waals surface area contributed by atoms with Crippen LogP contribution in [-0.2, 0) is 9.53 Å². The lowest BCUT2D eigenvalue weighted by atomic mass is 10.2. The van der Waals surface area contributed by atoms with Crippen LogP contribution in [0.15, 0.2) is 18.2 Å². The number of methoxy groups -OCH3 is 1. The molecule has 0 aliphatic heterocycles. The number of rotatable bonds is 7. The minimum Gasteiger partial charge on any atom is -0.478 e. The molecule has 0 radical (unpaired) electrons. The fraction of sp³-hybridized carbons (Fsp3) is 0.333. The maximum Gasteiger partial charge on any atom is 0.339 e. The van der Waals surface area contributed by atoms with E-state index in [2.05, 4.69) is 10.6 Å². The number of carbonyl (C=O) groups is 2. The summed E-state index contributed by atoms with van der Waals surface area (Å²) in [6, 6.07) is 4.52. The molecular formula is C12H15ClN2O4. The Kier molecular flexibility index (Phi) is 6.27. The van der Waals surface area contributed by atoms with Crippen LogP contribution < -0.4 is 10.6 Å². The molecule has 0 aliphatic rings. The summed E-state index contributed by atoms with van der Waals surface area (Å²) < 4.78 is 4.82. The van der Waals surface area contributed by atoms with Gasteiger partial charge in [-0.3, -0.25) is 4.79 Å². The number of hydrogen-bond donors (Lipinski definition) is 3. The molecule has 0 heterocycles. The zero-order chi connectivity index (χ0) is 14.3.